The monoisotopic (exact) mass is 488 g/mol. The third kappa shape index (κ3) is 7.36. The van der Waals surface area contributed by atoms with Crippen LogP contribution in [0.3, 0.4) is 0 Å². The smallest absolute Gasteiger partial charge is 0.417 e. The summed E-state index contributed by atoms with van der Waals surface area (Å²) in [5.41, 5.74) is -0.998. The number of sulfonamides is 1. The highest BCUT2D eigenvalue weighted by molar-refractivity contribution is 7.89. The van der Waals surface area contributed by atoms with Crippen molar-refractivity contribution in [2.24, 2.45) is 0 Å². The zero-order valence-corrected chi connectivity index (χ0v) is 19.3. The van der Waals surface area contributed by atoms with Crippen molar-refractivity contribution in [3.8, 4) is 11.5 Å². The molecule has 2 rings (SSSR count). The Morgan fingerprint density at radius 2 is 1.61 bits per heavy atom. The Labute approximate surface area is 191 Å². The summed E-state index contributed by atoms with van der Waals surface area (Å²) in [6, 6.07) is 7.12. The standard InChI is InChI=1S/C22H27F3N2O5S/c1-4-12-31-18-11-10-16(14-19(18)32-13-5-2)26-21(28)15(3)27-33(29,30)20-9-7-6-8-17(20)22(23,24)25/h6-11,14-15,27H,4-5,12-13H2,1-3H3,(H,26,28)/t15-/m0/s1. The van der Waals surface area contributed by atoms with Crippen LogP contribution >= 0.6 is 0 Å². The van der Waals surface area contributed by atoms with E-state index < -0.39 is 38.6 Å². The number of hydrogen-bond acceptors (Lipinski definition) is 5. The number of carbonyl (C=O) groups excluding carboxylic acids is 1. The first-order valence-electron chi connectivity index (χ1n) is 10.4. The molecule has 0 aromatic heterocycles. The number of benzene rings is 2. The Balaban J connectivity index is 2.17. The minimum Gasteiger partial charge on any atom is -0.490 e. The van der Waals surface area contributed by atoms with Crippen molar-refractivity contribution in [2.75, 3.05) is 18.5 Å². The lowest BCUT2D eigenvalue weighted by atomic mass is 10.2. The average Bonchev–Trinajstić information content (AvgIpc) is 2.76. The Hall–Kier alpha value is -2.79. The third-order valence-corrected chi connectivity index (χ3v) is 5.94. The first-order valence-corrected chi connectivity index (χ1v) is 11.9. The lowest BCUT2D eigenvalue weighted by molar-refractivity contribution is -0.139. The topological polar surface area (TPSA) is 93.7 Å². The van der Waals surface area contributed by atoms with Gasteiger partial charge in [0.1, 0.15) is 0 Å². The van der Waals surface area contributed by atoms with Gasteiger partial charge < -0.3 is 14.8 Å². The highest BCUT2D eigenvalue weighted by Crippen LogP contribution is 2.34. The van der Waals surface area contributed by atoms with Gasteiger partial charge in [0.2, 0.25) is 15.9 Å². The summed E-state index contributed by atoms with van der Waals surface area (Å²) in [6.45, 7) is 6.02. The van der Waals surface area contributed by atoms with Crippen LogP contribution in [-0.4, -0.2) is 33.6 Å². The molecule has 0 unspecified atom stereocenters. The van der Waals surface area contributed by atoms with Gasteiger partial charge in [0.15, 0.2) is 11.5 Å². The van der Waals surface area contributed by atoms with Gasteiger partial charge in [0.25, 0.3) is 0 Å². The molecule has 0 aliphatic carbocycles. The molecule has 0 radical (unpaired) electrons. The summed E-state index contributed by atoms with van der Waals surface area (Å²) in [5.74, 6) is 0.156. The molecule has 0 saturated carbocycles. The van der Waals surface area contributed by atoms with Crippen molar-refractivity contribution in [1.29, 1.82) is 0 Å². The Kier molecular flexibility index (Phi) is 9.12. The number of halogens is 3. The predicted molar refractivity (Wildman–Crippen MR) is 118 cm³/mol. The molecule has 33 heavy (non-hydrogen) atoms. The second kappa shape index (κ2) is 11.4. The fourth-order valence-electron chi connectivity index (χ4n) is 2.78. The van der Waals surface area contributed by atoms with Crippen molar-refractivity contribution < 1.29 is 35.9 Å². The van der Waals surface area contributed by atoms with Gasteiger partial charge in [-0.3, -0.25) is 4.79 Å². The van der Waals surface area contributed by atoms with Crippen LogP contribution in [0.2, 0.25) is 0 Å². The largest absolute Gasteiger partial charge is 0.490 e. The van der Waals surface area contributed by atoms with Gasteiger partial charge >= 0.3 is 6.18 Å². The van der Waals surface area contributed by atoms with E-state index in [-0.39, 0.29) is 0 Å². The second-order valence-electron chi connectivity index (χ2n) is 7.18. The molecule has 0 fully saturated rings. The summed E-state index contributed by atoms with van der Waals surface area (Å²) in [4.78, 5) is 11.6. The SMILES string of the molecule is CCCOc1ccc(NC(=O)[C@H](C)NS(=O)(=O)c2ccccc2C(F)(F)F)cc1OCCC. The quantitative estimate of drug-likeness (QED) is 0.483. The summed E-state index contributed by atoms with van der Waals surface area (Å²) < 4.78 is 78.0. The van der Waals surface area contributed by atoms with Crippen LogP contribution in [-0.2, 0) is 21.0 Å². The summed E-state index contributed by atoms with van der Waals surface area (Å²) >= 11 is 0. The molecule has 2 aromatic carbocycles. The van der Waals surface area contributed by atoms with E-state index in [0.29, 0.717) is 36.5 Å². The molecule has 0 saturated heterocycles. The van der Waals surface area contributed by atoms with Crippen molar-refractivity contribution in [3.63, 3.8) is 0 Å². The van der Waals surface area contributed by atoms with E-state index in [1.165, 1.54) is 13.0 Å². The van der Waals surface area contributed by atoms with E-state index in [9.17, 15) is 26.4 Å². The van der Waals surface area contributed by atoms with Gasteiger partial charge in [-0.25, -0.2) is 8.42 Å². The first kappa shape index (κ1) is 26.5. The van der Waals surface area contributed by atoms with Crippen molar-refractivity contribution in [1.82, 2.24) is 4.72 Å². The zero-order chi connectivity index (χ0) is 24.6. The molecular formula is C22H27F3N2O5S. The van der Waals surface area contributed by atoms with Crippen molar-refractivity contribution >= 4 is 21.6 Å². The lowest BCUT2D eigenvalue weighted by Gasteiger charge is -2.18. The molecule has 0 bridgehead atoms. The lowest BCUT2D eigenvalue weighted by Crippen LogP contribution is -2.42. The molecule has 0 aliphatic heterocycles. The molecular weight excluding hydrogens is 461 g/mol. The van der Waals surface area contributed by atoms with Crippen molar-refractivity contribution in [2.45, 2.75) is 50.7 Å². The fraction of sp³-hybridized carbons (Fsp3) is 0.409. The van der Waals surface area contributed by atoms with Crippen LogP contribution in [0.4, 0.5) is 18.9 Å². The number of anilines is 1. The van der Waals surface area contributed by atoms with Crippen LogP contribution in [0.25, 0.3) is 0 Å². The van der Waals surface area contributed by atoms with E-state index in [4.69, 9.17) is 9.47 Å². The molecule has 0 heterocycles. The van der Waals surface area contributed by atoms with E-state index in [2.05, 4.69) is 5.32 Å². The van der Waals surface area contributed by atoms with Gasteiger partial charge in [-0.2, -0.15) is 17.9 Å². The molecule has 182 valence electrons. The van der Waals surface area contributed by atoms with Crippen LogP contribution in [0.5, 0.6) is 11.5 Å². The fourth-order valence-corrected chi connectivity index (χ4v) is 4.21. The Bertz CT molecular complexity index is 1060. The summed E-state index contributed by atoms with van der Waals surface area (Å²) in [5, 5.41) is 2.54. The van der Waals surface area contributed by atoms with Gasteiger partial charge in [0.05, 0.1) is 29.7 Å². The summed E-state index contributed by atoms with van der Waals surface area (Å²) in [6.07, 6.45) is -3.32. The second-order valence-corrected chi connectivity index (χ2v) is 8.87. The number of ether oxygens (including phenoxy) is 2. The molecule has 2 aromatic rings. The predicted octanol–water partition coefficient (Wildman–Crippen LogP) is 4.59. The molecule has 2 N–H and O–H groups in total. The Morgan fingerprint density at radius 3 is 2.21 bits per heavy atom. The van der Waals surface area contributed by atoms with Crippen LogP contribution < -0.4 is 19.5 Å². The number of carbonyl (C=O) groups is 1. The number of hydrogen-bond donors (Lipinski definition) is 2. The number of amides is 1. The van der Waals surface area contributed by atoms with Crippen LogP contribution in [0, 0.1) is 0 Å². The first-order chi connectivity index (χ1) is 15.5. The third-order valence-electron chi connectivity index (χ3n) is 4.34. The van der Waals surface area contributed by atoms with Gasteiger partial charge in [0, 0.05) is 11.8 Å². The molecule has 11 heteroatoms. The van der Waals surface area contributed by atoms with Crippen LogP contribution in [0.1, 0.15) is 39.2 Å². The highest BCUT2D eigenvalue weighted by Gasteiger charge is 2.37. The summed E-state index contributed by atoms with van der Waals surface area (Å²) in [7, 11) is -4.62. The minimum atomic E-state index is -4.87. The normalized spacial score (nSPS) is 12.8. The van der Waals surface area contributed by atoms with E-state index in [1.54, 1.807) is 18.2 Å². The van der Waals surface area contributed by atoms with Gasteiger partial charge in [-0.15, -0.1) is 0 Å². The van der Waals surface area contributed by atoms with E-state index in [0.717, 1.165) is 25.0 Å². The molecule has 1 atom stereocenters. The molecule has 0 spiro atoms. The number of rotatable bonds is 11. The molecule has 1 amide bonds. The molecule has 0 aliphatic rings. The molecule has 7 nitrogen and oxygen atoms in total. The number of nitrogens with one attached hydrogen (secondary N) is 2. The van der Waals surface area contributed by atoms with Gasteiger partial charge in [-0.05, 0) is 44.0 Å². The minimum absolute atomic E-state index is 0.316. The Morgan fingerprint density at radius 1 is 1.00 bits per heavy atom. The highest BCUT2D eigenvalue weighted by atomic mass is 32.2. The van der Waals surface area contributed by atoms with E-state index >= 15 is 0 Å². The number of alkyl halides is 3. The van der Waals surface area contributed by atoms with E-state index in [1.807, 2.05) is 18.6 Å². The maximum Gasteiger partial charge on any atom is 0.417 e. The maximum absolute atomic E-state index is 13.2. The van der Waals surface area contributed by atoms with Crippen molar-refractivity contribution in [3.05, 3.63) is 48.0 Å². The van der Waals surface area contributed by atoms with Gasteiger partial charge in [-0.1, -0.05) is 26.0 Å². The average molecular weight is 489 g/mol. The maximum atomic E-state index is 13.2. The van der Waals surface area contributed by atoms with Crippen LogP contribution in [0.15, 0.2) is 47.4 Å². The zero-order valence-electron chi connectivity index (χ0n) is 18.5.